The summed E-state index contributed by atoms with van der Waals surface area (Å²) in [6.07, 6.45) is 1.76. The van der Waals surface area contributed by atoms with Gasteiger partial charge >= 0.3 is 12.0 Å². The van der Waals surface area contributed by atoms with E-state index in [4.69, 9.17) is 4.74 Å². The molecule has 3 rings (SSSR count). The summed E-state index contributed by atoms with van der Waals surface area (Å²) in [5, 5.41) is 2.65. The number of nitrogens with one attached hydrogen (secondary N) is 1. The first kappa shape index (κ1) is 16.9. The summed E-state index contributed by atoms with van der Waals surface area (Å²) in [7, 11) is 0. The monoisotopic (exact) mass is 398 g/mol. The average molecular weight is 399 g/mol. The van der Waals surface area contributed by atoms with Crippen molar-refractivity contribution >= 4 is 33.8 Å². The molecule has 2 fully saturated rings. The van der Waals surface area contributed by atoms with Gasteiger partial charge in [-0.15, -0.1) is 0 Å². The number of imide groups is 1. The van der Waals surface area contributed by atoms with Crippen LogP contribution in [0.25, 0.3) is 0 Å². The molecule has 0 bridgehead atoms. The fraction of sp³-hybridized carbons (Fsp3) is 0.438. The van der Waals surface area contributed by atoms with Gasteiger partial charge in [-0.05, 0) is 37.8 Å². The fourth-order valence-corrected chi connectivity index (χ4v) is 3.10. The Kier molecular flexibility index (Phi) is 4.33. The summed E-state index contributed by atoms with van der Waals surface area (Å²) in [6, 6.07) is 3.79. The van der Waals surface area contributed by atoms with Gasteiger partial charge in [-0.25, -0.2) is 9.18 Å². The lowest BCUT2D eigenvalue weighted by Gasteiger charge is -2.20. The predicted octanol–water partition coefficient (Wildman–Crippen LogP) is 2.35. The van der Waals surface area contributed by atoms with Crippen LogP contribution in [0.1, 0.15) is 25.3 Å². The third-order valence-corrected chi connectivity index (χ3v) is 4.88. The number of halogens is 2. The molecule has 8 heteroatoms. The minimum Gasteiger partial charge on any atom is -0.459 e. The maximum absolute atomic E-state index is 13.7. The summed E-state index contributed by atoms with van der Waals surface area (Å²) in [6.45, 7) is 0.931. The molecule has 128 valence electrons. The van der Waals surface area contributed by atoms with E-state index in [0.717, 1.165) is 17.7 Å². The molecule has 1 heterocycles. The molecule has 0 radical (unpaired) electrons. The van der Waals surface area contributed by atoms with Crippen LogP contribution in [0.5, 0.6) is 0 Å². The molecule has 1 N–H and O–H groups in total. The van der Waals surface area contributed by atoms with Crippen LogP contribution in [0.4, 0.5) is 9.18 Å². The quantitative estimate of drug-likeness (QED) is 0.610. The average Bonchev–Trinajstić information content (AvgIpc) is 3.33. The molecule has 1 saturated carbocycles. The Morgan fingerprint density at radius 2 is 2.17 bits per heavy atom. The van der Waals surface area contributed by atoms with E-state index in [2.05, 4.69) is 21.2 Å². The lowest BCUT2D eigenvalue weighted by Crippen LogP contribution is -2.46. The van der Waals surface area contributed by atoms with E-state index in [1.807, 2.05) is 0 Å². The molecule has 0 spiro atoms. The zero-order valence-electron chi connectivity index (χ0n) is 13.0. The highest BCUT2D eigenvalue weighted by molar-refractivity contribution is 9.10. The third kappa shape index (κ3) is 3.15. The number of carbonyl (C=O) groups excluding carboxylic acids is 3. The first-order chi connectivity index (χ1) is 11.3. The first-order valence-corrected chi connectivity index (χ1v) is 8.34. The molecule has 1 aliphatic heterocycles. The molecular formula is C16H16BrFN2O4. The van der Waals surface area contributed by atoms with Crippen LogP contribution in [0.15, 0.2) is 22.7 Å². The van der Waals surface area contributed by atoms with Crippen molar-refractivity contribution in [2.24, 2.45) is 5.92 Å². The molecule has 0 aromatic heterocycles. The van der Waals surface area contributed by atoms with Gasteiger partial charge in [0.25, 0.3) is 5.91 Å². The molecular weight excluding hydrogens is 383 g/mol. The van der Waals surface area contributed by atoms with E-state index in [1.54, 1.807) is 13.0 Å². The normalized spacial score (nSPS) is 23.4. The lowest BCUT2D eigenvalue weighted by molar-refractivity contribution is -0.149. The topological polar surface area (TPSA) is 75.7 Å². The van der Waals surface area contributed by atoms with Crippen LogP contribution in [-0.2, 0) is 20.9 Å². The second-order valence-electron chi connectivity index (χ2n) is 6.19. The molecule has 1 aromatic carbocycles. The highest BCUT2D eigenvalue weighted by Gasteiger charge is 2.56. The number of esters is 1. The van der Waals surface area contributed by atoms with Crippen LogP contribution < -0.4 is 5.32 Å². The van der Waals surface area contributed by atoms with Gasteiger partial charge in [-0.2, -0.15) is 0 Å². The molecule has 1 atom stereocenters. The number of carbonyl (C=O) groups is 3. The molecule has 0 unspecified atom stereocenters. The predicted molar refractivity (Wildman–Crippen MR) is 85.3 cm³/mol. The summed E-state index contributed by atoms with van der Waals surface area (Å²) >= 11 is 3.14. The largest absolute Gasteiger partial charge is 0.459 e. The zero-order chi connectivity index (χ0) is 17.5. The van der Waals surface area contributed by atoms with Gasteiger partial charge in [0.15, 0.2) is 0 Å². The second-order valence-corrected chi connectivity index (χ2v) is 7.11. The number of amides is 3. The Balaban J connectivity index is 1.58. The number of urea groups is 1. The number of benzene rings is 1. The number of nitrogens with zero attached hydrogens (tertiary/aromatic N) is 1. The number of rotatable bonds is 5. The van der Waals surface area contributed by atoms with E-state index in [-0.39, 0.29) is 18.1 Å². The number of ether oxygens (including phenoxy) is 1. The Morgan fingerprint density at radius 3 is 2.79 bits per heavy atom. The number of hydrogen-bond donors (Lipinski definition) is 1. The van der Waals surface area contributed by atoms with Crippen molar-refractivity contribution in [2.75, 3.05) is 6.54 Å². The van der Waals surface area contributed by atoms with Gasteiger partial charge in [0, 0.05) is 10.0 Å². The molecule has 24 heavy (non-hydrogen) atoms. The fourth-order valence-electron chi connectivity index (χ4n) is 2.77. The number of hydrogen-bond acceptors (Lipinski definition) is 4. The SMILES string of the molecule is C[C@]1(C2CC2)NC(=O)N(CC(=O)OCc2ccc(Br)cc2F)C1=O. The molecule has 1 aromatic rings. The summed E-state index contributed by atoms with van der Waals surface area (Å²) in [5.74, 6) is -1.57. The highest BCUT2D eigenvalue weighted by Crippen LogP contribution is 2.42. The van der Waals surface area contributed by atoms with Crippen molar-refractivity contribution < 1.29 is 23.5 Å². The molecule has 6 nitrogen and oxygen atoms in total. The first-order valence-electron chi connectivity index (χ1n) is 7.55. The van der Waals surface area contributed by atoms with Crippen LogP contribution in [-0.4, -0.2) is 34.9 Å². The summed E-state index contributed by atoms with van der Waals surface area (Å²) in [5.41, 5.74) is -0.721. The zero-order valence-corrected chi connectivity index (χ0v) is 14.6. The molecule has 1 aliphatic carbocycles. The molecule has 1 saturated heterocycles. The highest BCUT2D eigenvalue weighted by atomic mass is 79.9. The van der Waals surface area contributed by atoms with Crippen molar-refractivity contribution in [3.63, 3.8) is 0 Å². The Morgan fingerprint density at radius 1 is 1.46 bits per heavy atom. The molecule has 3 amide bonds. The van der Waals surface area contributed by atoms with E-state index in [1.165, 1.54) is 12.1 Å². The Bertz CT molecular complexity index is 722. The minimum absolute atomic E-state index is 0.117. The van der Waals surface area contributed by atoms with Crippen LogP contribution in [0.3, 0.4) is 0 Å². The van der Waals surface area contributed by atoms with Gasteiger partial charge in [0.05, 0.1) is 0 Å². The van der Waals surface area contributed by atoms with Crippen molar-refractivity contribution in [3.05, 3.63) is 34.1 Å². The van der Waals surface area contributed by atoms with Crippen molar-refractivity contribution in [3.8, 4) is 0 Å². The van der Waals surface area contributed by atoms with Gasteiger partial charge in [-0.1, -0.05) is 22.0 Å². The van der Waals surface area contributed by atoms with E-state index >= 15 is 0 Å². The smallest absolute Gasteiger partial charge is 0.326 e. The van der Waals surface area contributed by atoms with Gasteiger partial charge in [-0.3, -0.25) is 14.5 Å². The van der Waals surface area contributed by atoms with E-state index in [0.29, 0.717) is 4.47 Å². The van der Waals surface area contributed by atoms with Crippen LogP contribution >= 0.6 is 15.9 Å². The summed E-state index contributed by atoms with van der Waals surface area (Å²) < 4.78 is 19.2. The van der Waals surface area contributed by atoms with Crippen LogP contribution in [0.2, 0.25) is 0 Å². The maximum atomic E-state index is 13.7. The van der Waals surface area contributed by atoms with Crippen LogP contribution in [0, 0.1) is 11.7 Å². The third-order valence-electron chi connectivity index (χ3n) is 4.39. The second kappa shape index (κ2) is 6.16. The van der Waals surface area contributed by atoms with Crippen molar-refractivity contribution in [2.45, 2.75) is 31.9 Å². The van der Waals surface area contributed by atoms with Crippen molar-refractivity contribution in [1.29, 1.82) is 0 Å². The van der Waals surface area contributed by atoms with E-state index in [9.17, 15) is 18.8 Å². The van der Waals surface area contributed by atoms with Gasteiger partial charge in [0.2, 0.25) is 0 Å². The Labute approximate surface area is 146 Å². The Hall–Kier alpha value is -1.96. The lowest BCUT2D eigenvalue weighted by atomic mass is 9.96. The molecule has 2 aliphatic rings. The maximum Gasteiger partial charge on any atom is 0.326 e. The summed E-state index contributed by atoms with van der Waals surface area (Å²) in [4.78, 5) is 37.1. The standard InChI is InChI=1S/C16H16BrFN2O4/c1-16(10-3-4-10)14(22)20(15(23)19-16)7-13(21)24-8-9-2-5-11(17)6-12(9)18/h2,5-6,10H,3-4,7-8H2,1H3,(H,19,23)/t16-/m1/s1. The van der Waals surface area contributed by atoms with Crippen molar-refractivity contribution in [1.82, 2.24) is 10.2 Å². The van der Waals surface area contributed by atoms with E-state index < -0.39 is 35.8 Å². The van der Waals surface area contributed by atoms with Gasteiger partial charge < -0.3 is 10.1 Å². The minimum atomic E-state index is -0.935. The van der Waals surface area contributed by atoms with Gasteiger partial charge in [0.1, 0.15) is 24.5 Å².